The van der Waals surface area contributed by atoms with Crippen LogP contribution in [0.1, 0.15) is 36.6 Å². The first-order valence-corrected chi connectivity index (χ1v) is 8.77. The molecule has 0 bridgehead atoms. The highest BCUT2D eigenvalue weighted by Crippen LogP contribution is 2.20. The number of benzene rings is 1. The predicted octanol–water partition coefficient (Wildman–Crippen LogP) is 2.38. The van der Waals surface area contributed by atoms with Gasteiger partial charge in [-0.2, -0.15) is 0 Å². The highest BCUT2D eigenvalue weighted by molar-refractivity contribution is 5.32. The summed E-state index contributed by atoms with van der Waals surface area (Å²) in [6, 6.07) is 6.29. The topological polar surface area (TPSA) is 35.9 Å². The van der Waals surface area contributed by atoms with Gasteiger partial charge in [-0.15, -0.1) is 0 Å². The second kappa shape index (κ2) is 8.78. The zero-order chi connectivity index (χ0) is 16.8. The Hall–Kier alpha value is -0.940. The maximum Gasteiger partial charge on any atom is 0.0919 e. The molecule has 1 fully saturated rings. The first-order valence-electron chi connectivity index (χ1n) is 8.77. The lowest BCUT2D eigenvalue weighted by atomic mass is 10.0. The van der Waals surface area contributed by atoms with E-state index in [2.05, 4.69) is 55.7 Å². The van der Waals surface area contributed by atoms with Gasteiger partial charge in [0.25, 0.3) is 0 Å². The van der Waals surface area contributed by atoms with Crippen molar-refractivity contribution in [1.82, 2.24) is 9.80 Å². The van der Waals surface area contributed by atoms with Crippen LogP contribution in [-0.4, -0.2) is 66.9 Å². The molecule has 2 rings (SSSR count). The SMILES string of the molecule is Cc1ccc([C@@H](O)CN2CCN(CCOC(C)C)CC2)c(C)c1. The Labute approximate surface area is 141 Å². The van der Waals surface area contributed by atoms with Crippen LogP contribution in [0.25, 0.3) is 0 Å². The normalized spacial score (nSPS) is 18.5. The molecule has 1 aliphatic rings. The molecule has 130 valence electrons. The number of hydrogen-bond acceptors (Lipinski definition) is 4. The van der Waals surface area contributed by atoms with Gasteiger partial charge in [0, 0.05) is 39.3 Å². The molecule has 1 heterocycles. The molecule has 1 atom stereocenters. The highest BCUT2D eigenvalue weighted by atomic mass is 16.5. The molecular formula is C19H32N2O2. The Bertz CT molecular complexity index is 482. The minimum Gasteiger partial charge on any atom is -0.387 e. The Morgan fingerprint density at radius 1 is 1.09 bits per heavy atom. The van der Waals surface area contributed by atoms with Gasteiger partial charge in [-0.3, -0.25) is 9.80 Å². The smallest absolute Gasteiger partial charge is 0.0919 e. The summed E-state index contributed by atoms with van der Waals surface area (Å²) in [5, 5.41) is 10.5. The van der Waals surface area contributed by atoms with Gasteiger partial charge in [-0.05, 0) is 38.8 Å². The van der Waals surface area contributed by atoms with Gasteiger partial charge < -0.3 is 9.84 Å². The van der Waals surface area contributed by atoms with E-state index in [-0.39, 0.29) is 0 Å². The van der Waals surface area contributed by atoms with Crippen molar-refractivity contribution in [1.29, 1.82) is 0 Å². The molecule has 1 saturated heterocycles. The van der Waals surface area contributed by atoms with Gasteiger partial charge >= 0.3 is 0 Å². The standard InChI is InChI=1S/C19H32N2O2/c1-15(2)23-12-11-20-7-9-21(10-8-20)14-19(22)18-6-5-16(3)13-17(18)4/h5-6,13,15,19,22H,7-12,14H2,1-4H3/t19-/m0/s1. The van der Waals surface area contributed by atoms with Gasteiger partial charge in [0.2, 0.25) is 0 Å². The number of piperazine rings is 1. The predicted molar refractivity (Wildman–Crippen MR) is 94.8 cm³/mol. The molecule has 4 heteroatoms. The van der Waals surface area contributed by atoms with Crippen LogP contribution in [0.15, 0.2) is 18.2 Å². The van der Waals surface area contributed by atoms with Crippen molar-refractivity contribution in [3.63, 3.8) is 0 Å². The van der Waals surface area contributed by atoms with E-state index >= 15 is 0 Å². The maximum atomic E-state index is 10.5. The molecule has 1 aromatic rings. The lowest BCUT2D eigenvalue weighted by Crippen LogP contribution is -2.48. The van der Waals surface area contributed by atoms with Gasteiger partial charge in [-0.1, -0.05) is 23.8 Å². The van der Waals surface area contributed by atoms with Crippen molar-refractivity contribution in [3.8, 4) is 0 Å². The van der Waals surface area contributed by atoms with Gasteiger partial charge in [-0.25, -0.2) is 0 Å². The molecule has 0 aliphatic carbocycles. The van der Waals surface area contributed by atoms with E-state index in [0.29, 0.717) is 6.10 Å². The highest BCUT2D eigenvalue weighted by Gasteiger charge is 2.20. The van der Waals surface area contributed by atoms with Crippen LogP contribution < -0.4 is 0 Å². The Balaban J connectivity index is 1.75. The molecule has 4 nitrogen and oxygen atoms in total. The number of aliphatic hydroxyl groups is 1. The number of aliphatic hydroxyl groups excluding tert-OH is 1. The second-order valence-corrected chi connectivity index (χ2v) is 6.94. The maximum absolute atomic E-state index is 10.5. The third-order valence-corrected chi connectivity index (χ3v) is 4.54. The van der Waals surface area contributed by atoms with Crippen molar-refractivity contribution in [3.05, 3.63) is 34.9 Å². The van der Waals surface area contributed by atoms with Crippen molar-refractivity contribution >= 4 is 0 Å². The molecule has 0 aromatic heterocycles. The number of aryl methyl sites for hydroxylation is 2. The number of hydrogen-bond donors (Lipinski definition) is 1. The molecule has 1 N–H and O–H groups in total. The quantitative estimate of drug-likeness (QED) is 0.837. The van der Waals surface area contributed by atoms with Crippen LogP contribution >= 0.6 is 0 Å². The van der Waals surface area contributed by atoms with E-state index in [1.165, 1.54) is 11.1 Å². The monoisotopic (exact) mass is 320 g/mol. The minimum atomic E-state index is -0.397. The second-order valence-electron chi connectivity index (χ2n) is 6.94. The Morgan fingerprint density at radius 3 is 2.35 bits per heavy atom. The van der Waals surface area contributed by atoms with Crippen molar-refractivity contribution < 1.29 is 9.84 Å². The summed E-state index contributed by atoms with van der Waals surface area (Å²) >= 11 is 0. The van der Waals surface area contributed by atoms with E-state index in [9.17, 15) is 5.11 Å². The summed E-state index contributed by atoms with van der Waals surface area (Å²) < 4.78 is 5.62. The van der Waals surface area contributed by atoms with Crippen LogP contribution in [0.2, 0.25) is 0 Å². The third-order valence-electron chi connectivity index (χ3n) is 4.54. The molecule has 0 radical (unpaired) electrons. The Morgan fingerprint density at radius 2 is 1.74 bits per heavy atom. The molecule has 1 aromatic carbocycles. The van der Waals surface area contributed by atoms with Crippen LogP contribution in [0.5, 0.6) is 0 Å². The van der Waals surface area contributed by atoms with Crippen molar-refractivity contribution in [2.45, 2.75) is 39.9 Å². The number of β-amino-alcohol motifs (C(OH)–C–C–N with tert-alkyl or cyclic N) is 1. The van der Waals surface area contributed by atoms with E-state index < -0.39 is 6.10 Å². The van der Waals surface area contributed by atoms with E-state index in [1.807, 2.05) is 0 Å². The zero-order valence-corrected chi connectivity index (χ0v) is 15.1. The molecule has 23 heavy (non-hydrogen) atoms. The number of nitrogens with zero attached hydrogens (tertiary/aromatic N) is 2. The fourth-order valence-corrected chi connectivity index (χ4v) is 3.16. The third kappa shape index (κ3) is 5.88. The largest absolute Gasteiger partial charge is 0.387 e. The minimum absolute atomic E-state index is 0.309. The summed E-state index contributed by atoms with van der Waals surface area (Å²) in [4.78, 5) is 4.81. The van der Waals surface area contributed by atoms with E-state index in [1.54, 1.807) is 0 Å². The molecule has 0 unspecified atom stereocenters. The molecule has 0 spiro atoms. The number of rotatable bonds is 7. The average molecular weight is 320 g/mol. The number of ether oxygens (including phenoxy) is 1. The van der Waals surface area contributed by atoms with E-state index in [4.69, 9.17) is 4.74 Å². The first kappa shape index (κ1) is 18.4. The fourth-order valence-electron chi connectivity index (χ4n) is 3.16. The van der Waals surface area contributed by atoms with Crippen LogP contribution in [0, 0.1) is 13.8 Å². The van der Waals surface area contributed by atoms with Crippen LogP contribution in [-0.2, 0) is 4.74 Å². The fraction of sp³-hybridized carbons (Fsp3) is 0.684. The Kier molecular flexibility index (Phi) is 7.03. The first-order chi connectivity index (χ1) is 11.0. The average Bonchev–Trinajstić information content (AvgIpc) is 2.48. The van der Waals surface area contributed by atoms with Crippen molar-refractivity contribution in [2.24, 2.45) is 0 Å². The van der Waals surface area contributed by atoms with Crippen molar-refractivity contribution in [2.75, 3.05) is 45.9 Å². The van der Waals surface area contributed by atoms with Gasteiger partial charge in [0.1, 0.15) is 0 Å². The lowest BCUT2D eigenvalue weighted by Gasteiger charge is -2.35. The lowest BCUT2D eigenvalue weighted by molar-refractivity contribution is 0.0347. The molecule has 0 saturated carbocycles. The molecule has 1 aliphatic heterocycles. The zero-order valence-electron chi connectivity index (χ0n) is 15.1. The summed E-state index contributed by atoms with van der Waals surface area (Å²) in [7, 11) is 0. The van der Waals surface area contributed by atoms with Gasteiger partial charge in [0.15, 0.2) is 0 Å². The van der Waals surface area contributed by atoms with Crippen LogP contribution in [0.4, 0.5) is 0 Å². The van der Waals surface area contributed by atoms with E-state index in [0.717, 1.165) is 51.4 Å². The van der Waals surface area contributed by atoms with Crippen LogP contribution in [0.3, 0.4) is 0 Å². The molecule has 0 amide bonds. The van der Waals surface area contributed by atoms with Gasteiger partial charge in [0.05, 0.1) is 18.8 Å². The summed E-state index contributed by atoms with van der Waals surface area (Å²) in [5.41, 5.74) is 3.49. The summed E-state index contributed by atoms with van der Waals surface area (Å²) in [5.74, 6) is 0. The summed E-state index contributed by atoms with van der Waals surface area (Å²) in [6.07, 6.45) is -0.0874. The molecular weight excluding hydrogens is 288 g/mol. The summed E-state index contributed by atoms with van der Waals surface area (Å²) in [6.45, 7) is 15.0.